The SMILES string of the molecule is N#Cc1ccc(N2CC[C@@]3(CO)CN(C(=O)COc4ccccc4)C[C@H]3C2)cc1C(F)(F)F. The summed E-state index contributed by atoms with van der Waals surface area (Å²) in [6, 6.07) is 14.3. The van der Waals surface area contributed by atoms with Crippen LogP contribution in [0.5, 0.6) is 5.75 Å². The standard InChI is InChI=1S/C24H24F3N3O3/c25-24(26,27)21-10-19(7-6-17(21)11-28)29-9-8-23(16-31)15-30(13-18(23)12-29)22(32)14-33-20-4-2-1-3-5-20/h1-7,10,18,31H,8-9,12-16H2/t18-,23+/m1/s1. The summed E-state index contributed by atoms with van der Waals surface area (Å²) in [5.41, 5.74) is -1.48. The lowest BCUT2D eigenvalue weighted by Crippen LogP contribution is -2.49. The number of rotatable bonds is 5. The van der Waals surface area contributed by atoms with Gasteiger partial charge in [-0.3, -0.25) is 4.79 Å². The highest BCUT2D eigenvalue weighted by Gasteiger charge is 2.50. The molecule has 2 saturated heterocycles. The van der Waals surface area contributed by atoms with Gasteiger partial charge in [0.05, 0.1) is 23.8 Å². The highest BCUT2D eigenvalue weighted by atomic mass is 19.4. The van der Waals surface area contributed by atoms with Gasteiger partial charge in [0.2, 0.25) is 0 Å². The number of carbonyl (C=O) groups excluding carboxylic acids is 1. The van der Waals surface area contributed by atoms with Crippen LogP contribution < -0.4 is 9.64 Å². The molecule has 0 unspecified atom stereocenters. The molecule has 0 radical (unpaired) electrons. The highest BCUT2D eigenvalue weighted by molar-refractivity contribution is 5.78. The minimum absolute atomic E-state index is 0.0955. The van der Waals surface area contributed by atoms with E-state index in [-0.39, 0.29) is 25.0 Å². The number of fused-ring (bicyclic) bond motifs is 1. The molecule has 2 aromatic carbocycles. The molecule has 0 bridgehead atoms. The molecule has 4 rings (SSSR count). The Balaban J connectivity index is 1.47. The van der Waals surface area contributed by atoms with Crippen molar-refractivity contribution in [2.45, 2.75) is 12.6 Å². The zero-order valence-corrected chi connectivity index (χ0v) is 17.9. The summed E-state index contributed by atoms with van der Waals surface area (Å²) in [6.45, 7) is 1.43. The lowest BCUT2D eigenvalue weighted by molar-refractivity contribution is -0.137. The Morgan fingerprint density at radius 2 is 1.97 bits per heavy atom. The number of piperidine rings is 1. The molecule has 0 aliphatic carbocycles. The first-order valence-electron chi connectivity index (χ1n) is 10.7. The van der Waals surface area contributed by atoms with E-state index in [1.165, 1.54) is 12.1 Å². The maximum Gasteiger partial charge on any atom is 0.417 e. The van der Waals surface area contributed by atoms with E-state index in [1.54, 1.807) is 23.1 Å². The zero-order chi connectivity index (χ0) is 23.6. The van der Waals surface area contributed by atoms with Crippen molar-refractivity contribution in [2.24, 2.45) is 11.3 Å². The number of likely N-dealkylation sites (tertiary alicyclic amines) is 1. The molecule has 2 aromatic rings. The molecule has 2 atom stereocenters. The average Bonchev–Trinajstić information content (AvgIpc) is 3.22. The van der Waals surface area contributed by atoms with Crippen LogP contribution in [0, 0.1) is 22.7 Å². The number of anilines is 1. The number of hydrogen-bond acceptors (Lipinski definition) is 5. The minimum Gasteiger partial charge on any atom is -0.484 e. The van der Waals surface area contributed by atoms with E-state index in [0.29, 0.717) is 44.0 Å². The summed E-state index contributed by atoms with van der Waals surface area (Å²) in [5.74, 6) is 0.305. The summed E-state index contributed by atoms with van der Waals surface area (Å²) in [6.07, 6.45) is -4.08. The van der Waals surface area contributed by atoms with Crippen molar-refractivity contribution < 1.29 is 27.8 Å². The number of aliphatic hydroxyl groups excluding tert-OH is 1. The zero-order valence-electron chi connectivity index (χ0n) is 17.9. The van der Waals surface area contributed by atoms with Gasteiger partial charge in [0.15, 0.2) is 6.61 Å². The van der Waals surface area contributed by atoms with Crippen LogP contribution >= 0.6 is 0 Å². The maximum atomic E-state index is 13.4. The van der Waals surface area contributed by atoms with E-state index in [9.17, 15) is 23.1 Å². The molecule has 1 amide bonds. The van der Waals surface area contributed by atoms with Crippen molar-refractivity contribution in [1.82, 2.24) is 4.90 Å². The third-order valence-corrected chi connectivity index (χ3v) is 6.70. The quantitative estimate of drug-likeness (QED) is 0.743. The fourth-order valence-corrected chi connectivity index (χ4v) is 4.78. The van der Waals surface area contributed by atoms with Crippen LogP contribution in [0.3, 0.4) is 0 Å². The predicted octanol–water partition coefficient (Wildman–Crippen LogP) is 3.30. The summed E-state index contributed by atoms with van der Waals surface area (Å²) < 4.78 is 45.7. The Morgan fingerprint density at radius 1 is 1.21 bits per heavy atom. The van der Waals surface area contributed by atoms with Gasteiger partial charge in [-0.25, -0.2) is 0 Å². The van der Waals surface area contributed by atoms with Gasteiger partial charge >= 0.3 is 6.18 Å². The molecule has 0 saturated carbocycles. The third kappa shape index (κ3) is 4.62. The largest absolute Gasteiger partial charge is 0.484 e. The molecule has 174 valence electrons. The lowest BCUT2D eigenvalue weighted by atomic mass is 9.73. The summed E-state index contributed by atoms with van der Waals surface area (Å²) in [4.78, 5) is 16.3. The van der Waals surface area contributed by atoms with Crippen LogP contribution in [0.25, 0.3) is 0 Å². The van der Waals surface area contributed by atoms with Crippen LogP contribution in [0.15, 0.2) is 48.5 Å². The summed E-state index contributed by atoms with van der Waals surface area (Å²) in [7, 11) is 0. The molecule has 2 heterocycles. The van der Waals surface area contributed by atoms with E-state index in [1.807, 2.05) is 23.1 Å². The van der Waals surface area contributed by atoms with Crippen LogP contribution in [0.1, 0.15) is 17.5 Å². The van der Waals surface area contributed by atoms with Gasteiger partial charge in [-0.15, -0.1) is 0 Å². The van der Waals surface area contributed by atoms with Gasteiger partial charge in [0.1, 0.15) is 5.75 Å². The smallest absolute Gasteiger partial charge is 0.417 e. The van der Waals surface area contributed by atoms with Crippen molar-refractivity contribution in [3.8, 4) is 11.8 Å². The fraction of sp³-hybridized carbons (Fsp3) is 0.417. The second-order valence-electron chi connectivity index (χ2n) is 8.63. The number of amides is 1. The van der Waals surface area contributed by atoms with Crippen LogP contribution in [-0.2, 0) is 11.0 Å². The molecule has 0 aromatic heterocycles. The van der Waals surface area contributed by atoms with Gasteiger partial charge in [-0.05, 0) is 36.8 Å². The topological polar surface area (TPSA) is 76.8 Å². The summed E-state index contributed by atoms with van der Waals surface area (Å²) >= 11 is 0. The van der Waals surface area contributed by atoms with E-state index < -0.39 is 22.7 Å². The number of halogens is 3. The maximum absolute atomic E-state index is 13.4. The van der Waals surface area contributed by atoms with Crippen LogP contribution in [0.4, 0.5) is 18.9 Å². The van der Waals surface area contributed by atoms with Crippen LogP contribution in [-0.4, -0.2) is 55.3 Å². The number of alkyl halides is 3. The number of hydrogen-bond donors (Lipinski definition) is 1. The second kappa shape index (κ2) is 8.94. The normalized spacial score (nSPS) is 22.6. The number of ether oxygens (including phenoxy) is 1. The highest BCUT2D eigenvalue weighted by Crippen LogP contribution is 2.44. The van der Waals surface area contributed by atoms with Gasteiger partial charge in [-0.2, -0.15) is 18.4 Å². The van der Waals surface area contributed by atoms with E-state index in [0.717, 1.165) is 6.07 Å². The van der Waals surface area contributed by atoms with Crippen molar-refractivity contribution in [2.75, 3.05) is 44.3 Å². The predicted molar refractivity (Wildman–Crippen MR) is 115 cm³/mol. The number of aliphatic hydroxyl groups is 1. The average molecular weight is 459 g/mol. The first kappa shape index (κ1) is 22.9. The molecular weight excluding hydrogens is 435 g/mol. The lowest BCUT2D eigenvalue weighted by Gasteiger charge is -2.43. The van der Waals surface area contributed by atoms with Gasteiger partial charge < -0.3 is 19.6 Å². The minimum atomic E-state index is -4.62. The molecule has 33 heavy (non-hydrogen) atoms. The van der Waals surface area contributed by atoms with E-state index >= 15 is 0 Å². The van der Waals surface area contributed by atoms with Crippen molar-refractivity contribution in [1.29, 1.82) is 5.26 Å². The Hall–Kier alpha value is -3.25. The number of nitrogens with zero attached hydrogens (tertiary/aromatic N) is 3. The molecule has 0 spiro atoms. The Morgan fingerprint density at radius 3 is 2.64 bits per heavy atom. The van der Waals surface area contributed by atoms with E-state index in [4.69, 9.17) is 10.00 Å². The van der Waals surface area contributed by atoms with Crippen molar-refractivity contribution in [3.63, 3.8) is 0 Å². The number of nitriles is 1. The first-order valence-corrected chi connectivity index (χ1v) is 10.7. The molecule has 6 nitrogen and oxygen atoms in total. The van der Waals surface area contributed by atoms with E-state index in [2.05, 4.69) is 0 Å². The Labute approximate surface area is 189 Å². The Kier molecular flexibility index (Phi) is 6.21. The number of benzene rings is 2. The molecule has 1 N–H and O–H groups in total. The van der Waals surface area contributed by atoms with Gasteiger partial charge in [0.25, 0.3) is 5.91 Å². The van der Waals surface area contributed by atoms with Crippen molar-refractivity contribution in [3.05, 3.63) is 59.7 Å². The monoisotopic (exact) mass is 459 g/mol. The molecule has 2 fully saturated rings. The second-order valence-corrected chi connectivity index (χ2v) is 8.63. The van der Waals surface area contributed by atoms with Crippen molar-refractivity contribution >= 4 is 11.6 Å². The van der Waals surface area contributed by atoms with Gasteiger partial charge in [0, 0.05) is 43.2 Å². The summed E-state index contributed by atoms with van der Waals surface area (Å²) in [5, 5.41) is 19.2. The Bertz CT molecular complexity index is 1050. The number of carbonyl (C=O) groups is 1. The molecule has 9 heteroatoms. The van der Waals surface area contributed by atoms with Crippen LogP contribution in [0.2, 0.25) is 0 Å². The molecule has 2 aliphatic rings. The number of para-hydroxylation sites is 1. The van der Waals surface area contributed by atoms with Gasteiger partial charge in [-0.1, -0.05) is 18.2 Å². The third-order valence-electron chi connectivity index (χ3n) is 6.70. The first-order chi connectivity index (χ1) is 15.8. The fourth-order valence-electron chi connectivity index (χ4n) is 4.78. The molecule has 2 aliphatic heterocycles. The molecular formula is C24H24F3N3O3.